The average molecular weight is 298 g/mol. The molecule has 1 aromatic carbocycles. The number of nitrogens with two attached hydrogens (primary N) is 1. The molecule has 0 radical (unpaired) electrons. The van der Waals surface area contributed by atoms with E-state index >= 15 is 0 Å². The van der Waals surface area contributed by atoms with Gasteiger partial charge in [-0.15, -0.1) is 0 Å². The lowest BCUT2D eigenvalue weighted by molar-refractivity contribution is 0.593. The van der Waals surface area contributed by atoms with Gasteiger partial charge in [0.05, 0.1) is 16.3 Å². The van der Waals surface area contributed by atoms with Gasteiger partial charge in [0.15, 0.2) is 9.84 Å². The summed E-state index contributed by atoms with van der Waals surface area (Å²) in [6, 6.07) is 7.30. The standard InChI is InChI=1S/C15H26N2O2S/c1-3-11-17(12-7-10-16)14-8-5-6-9-15(14)20(18,19)13-4-2/h5-6,8-9H,3-4,7,10-13,16H2,1-2H3. The Bertz CT molecular complexity index is 500. The van der Waals surface area contributed by atoms with E-state index in [0.29, 0.717) is 17.9 Å². The van der Waals surface area contributed by atoms with Gasteiger partial charge in [-0.05, 0) is 37.9 Å². The van der Waals surface area contributed by atoms with Crippen LogP contribution < -0.4 is 10.6 Å². The Kier molecular flexibility index (Phi) is 7.02. The third kappa shape index (κ3) is 4.49. The second kappa shape index (κ2) is 8.27. The highest BCUT2D eigenvalue weighted by molar-refractivity contribution is 7.91. The summed E-state index contributed by atoms with van der Waals surface area (Å²) in [5.74, 6) is 0.195. The van der Waals surface area contributed by atoms with Gasteiger partial charge in [0.2, 0.25) is 0 Å². The third-order valence-electron chi connectivity index (χ3n) is 3.14. The smallest absolute Gasteiger partial charge is 0.180 e. The summed E-state index contributed by atoms with van der Waals surface area (Å²) in [5, 5.41) is 0. The van der Waals surface area contributed by atoms with Crippen LogP contribution in [0, 0.1) is 0 Å². The summed E-state index contributed by atoms with van der Waals surface area (Å²) in [6.45, 7) is 6.24. The molecule has 4 nitrogen and oxygen atoms in total. The molecule has 0 atom stereocenters. The first kappa shape index (κ1) is 17.0. The first-order valence-corrected chi connectivity index (χ1v) is 8.98. The second-order valence-electron chi connectivity index (χ2n) is 4.92. The monoisotopic (exact) mass is 298 g/mol. The molecule has 0 fully saturated rings. The van der Waals surface area contributed by atoms with Crippen LogP contribution in [0.3, 0.4) is 0 Å². The fourth-order valence-electron chi connectivity index (χ4n) is 2.26. The first-order chi connectivity index (χ1) is 9.56. The van der Waals surface area contributed by atoms with Crippen molar-refractivity contribution in [1.82, 2.24) is 0 Å². The van der Waals surface area contributed by atoms with Crippen molar-refractivity contribution >= 4 is 15.5 Å². The Hall–Kier alpha value is -1.07. The number of benzene rings is 1. The van der Waals surface area contributed by atoms with Crippen LogP contribution in [-0.4, -0.2) is 33.8 Å². The molecular weight excluding hydrogens is 272 g/mol. The zero-order valence-electron chi connectivity index (χ0n) is 12.5. The highest BCUT2D eigenvalue weighted by Gasteiger charge is 2.20. The Morgan fingerprint density at radius 3 is 2.40 bits per heavy atom. The maximum Gasteiger partial charge on any atom is 0.180 e. The summed E-state index contributed by atoms with van der Waals surface area (Å²) < 4.78 is 24.8. The van der Waals surface area contributed by atoms with Crippen LogP contribution in [0.5, 0.6) is 0 Å². The molecule has 20 heavy (non-hydrogen) atoms. The molecule has 0 saturated carbocycles. The molecule has 0 spiro atoms. The van der Waals surface area contributed by atoms with Crippen molar-refractivity contribution in [2.45, 2.75) is 38.0 Å². The van der Waals surface area contributed by atoms with E-state index in [1.54, 1.807) is 12.1 Å². The highest BCUT2D eigenvalue weighted by Crippen LogP contribution is 2.26. The van der Waals surface area contributed by atoms with Gasteiger partial charge in [-0.1, -0.05) is 26.0 Å². The quantitative estimate of drug-likeness (QED) is 0.760. The van der Waals surface area contributed by atoms with Crippen LogP contribution in [0.15, 0.2) is 29.2 Å². The largest absolute Gasteiger partial charge is 0.370 e. The molecule has 0 bridgehead atoms. The number of anilines is 1. The minimum absolute atomic E-state index is 0.195. The summed E-state index contributed by atoms with van der Waals surface area (Å²) in [4.78, 5) is 2.59. The Morgan fingerprint density at radius 2 is 1.80 bits per heavy atom. The summed E-state index contributed by atoms with van der Waals surface area (Å²) in [6.07, 6.45) is 2.47. The molecule has 1 aromatic rings. The molecule has 0 aliphatic carbocycles. The van der Waals surface area contributed by atoms with Crippen molar-refractivity contribution in [3.63, 3.8) is 0 Å². The first-order valence-electron chi connectivity index (χ1n) is 7.33. The highest BCUT2D eigenvalue weighted by atomic mass is 32.2. The van der Waals surface area contributed by atoms with E-state index in [9.17, 15) is 8.42 Å². The van der Waals surface area contributed by atoms with E-state index in [2.05, 4.69) is 11.8 Å². The Morgan fingerprint density at radius 1 is 1.10 bits per heavy atom. The minimum atomic E-state index is -3.20. The van der Waals surface area contributed by atoms with E-state index in [0.717, 1.165) is 31.6 Å². The third-order valence-corrected chi connectivity index (χ3v) is 5.10. The second-order valence-corrected chi connectivity index (χ2v) is 6.99. The van der Waals surface area contributed by atoms with Gasteiger partial charge < -0.3 is 10.6 Å². The van der Waals surface area contributed by atoms with Crippen LogP contribution >= 0.6 is 0 Å². The van der Waals surface area contributed by atoms with E-state index in [-0.39, 0.29) is 5.75 Å². The van der Waals surface area contributed by atoms with Crippen molar-refractivity contribution in [3.8, 4) is 0 Å². The number of hydrogen-bond acceptors (Lipinski definition) is 4. The van der Waals surface area contributed by atoms with E-state index in [1.165, 1.54) is 0 Å². The summed E-state index contributed by atoms with van der Waals surface area (Å²) in [7, 11) is -3.20. The molecule has 1 rings (SSSR count). The zero-order valence-corrected chi connectivity index (χ0v) is 13.3. The van der Waals surface area contributed by atoms with E-state index < -0.39 is 9.84 Å². The van der Waals surface area contributed by atoms with Crippen molar-refractivity contribution in [2.24, 2.45) is 5.73 Å². The molecule has 0 aliphatic heterocycles. The molecule has 0 aromatic heterocycles. The van der Waals surface area contributed by atoms with Gasteiger partial charge in [0.25, 0.3) is 0 Å². The van der Waals surface area contributed by atoms with Gasteiger partial charge in [-0.25, -0.2) is 8.42 Å². The predicted octanol–water partition coefficient (Wildman–Crippen LogP) is 2.44. The number of hydrogen-bond donors (Lipinski definition) is 1. The predicted molar refractivity (Wildman–Crippen MR) is 85.0 cm³/mol. The van der Waals surface area contributed by atoms with Crippen molar-refractivity contribution in [1.29, 1.82) is 0 Å². The number of nitrogens with zero attached hydrogens (tertiary/aromatic N) is 1. The molecule has 0 heterocycles. The number of para-hydroxylation sites is 1. The van der Waals surface area contributed by atoms with Gasteiger partial charge in [0.1, 0.15) is 0 Å². The van der Waals surface area contributed by atoms with Gasteiger partial charge in [-0.2, -0.15) is 0 Å². The van der Waals surface area contributed by atoms with Crippen LogP contribution in [0.25, 0.3) is 0 Å². The molecule has 114 valence electrons. The molecule has 0 unspecified atom stereocenters. The normalized spacial score (nSPS) is 11.6. The number of rotatable bonds is 9. The fraction of sp³-hybridized carbons (Fsp3) is 0.600. The van der Waals surface area contributed by atoms with Crippen LogP contribution in [0.2, 0.25) is 0 Å². The average Bonchev–Trinajstić information content (AvgIpc) is 2.43. The topological polar surface area (TPSA) is 63.4 Å². The van der Waals surface area contributed by atoms with E-state index in [4.69, 9.17) is 5.73 Å². The minimum Gasteiger partial charge on any atom is -0.370 e. The van der Waals surface area contributed by atoms with Crippen molar-refractivity contribution < 1.29 is 8.42 Å². The molecule has 0 amide bonds. The van der Waals surface area contributed by atoms with Crippen molar-refractivity contribution in [3.05, 3.63) is 24.3 Å². The van der Waals surface area contributed by atoms with Gasteiger partial charge in [-0.3, -0.25) is 0 Å². The zero-order chi connectivity index (χ0) is 15.0. The lowest BCUT2D eigenvalue weighted by Crippen LogP contribution is -2.28. The Labute approximate surface area is 122 Å². The van der Waals surface area contributed by atoms with E-state index in [1.807, 2.05) is 19.1 Å². The number of sulfone groups is 1. The van der Waals surface area contributed by atoms with Crippen LogP contribution in [0.1, 0.15) is 33.1 Å². The van der Waals surface area contributed by atoms with Crippen LogP contribution in [0.4, 0.5) is 5.69 Å². The van der Waals surface area contributed by atoms with Crippen molar-refractivity contribution in [2.75, 3.05) is 30.3 Å². The maximum atomic E-state index is 12.4. The lowest BCUT2D eigenvalue weighted by Gasteiger charge is -2.26. The van der Waals surface area contributed by atoms with Gasteiger partial charge >= 0.3 is 0 Å². The molecular formula is C15H26N2O2S. The maximum absolute atomic E-state index is 12.4. The Balaban J connectivity index is 3.15. The fourth-order valence-corrected chi connectivity index (χ4v) is 3.82. The molecule has 0 saturated heterocycles. The summed E-state index contributed by atoms with van der Waals surface area (Å²) >= 11 is 0. The van der Waals surface area contributed by atoms with Gasteiger partial charge in [0, 0.05) is 13.1 Å². The SMILES string of the molecule is CCCN(CCCN)c1ccccc1S(=O)(=O)CCC. The summed E-state index contributed by atoms with van der Waals surface area (Å²) in [5.41, 5.74) is 6.39. The lowest BCUT2D eigenvalue weighted by atomic mass is 10.2. The molecule has 2 N–H and O–H groups in total. The molecule has 5 heteroatoms. The molecule has 0 aliphatic rings. The van der Waals surface area contributed by atoms with Crippen LogP contribution in [-0.2, 0) is 9.84 Å².